The van der Waals surface area contributed by atoms with Crippen molar-refractivity contribution in [2.75, 3.05) is 25.0 Å². The van der Waals surface area contributed by atoms with Gasteiger partial charge in [-0.05, 0) is 54.3 Å². The highest BCUT2D eigenvalue weighted by Gasteiger charge is 2.24. The van der Waals surface area contributed by atoms with Gasteiger partial charge < -0.3 is 14.9 Å². The largest absolute Gasteiger partial charge is 0.481 e. The third-order valence-electron chi connectivity index (χ3n) is 5.18. The smallest absolute Gasteiger partial charge is 0.306 e. The fraction of sp³-hybridized carbons (Fsp3) is 0.304. The number of aliphatic carboxylic acids is 1. The van der Waals surface area contributed by atoms with Crippen LogP contribution in [0, 0.1) is 11.7 Å². The first-order valence-corrected chi connectivity index (χ1v) is 9.68. The molecule has 6 heteroatoms. The molecule has 2 aromatic rings. The lowest BCUT2D eigenvalue weighted by atomic mass is 9.96. The number of benzene rings is 2. The maximum absolute atomic E-state index is 13.2. The number of hydrogen-bond donors (Lipinski definition) is 1. The first-order valence-electron chi connectivity index (χ1n) is 9.68. The average Bonchev–Trinajstić information content (AvgIpc) is 2.72. The maximum Gasteiger partial charge on any atom is 0.306 e. The van der Waals surface area contributed by atoms with Gasteiger partial charge in [-0.15, -0.1) is 0 Å². The minimum atomic E-state index is -0.718. The molecule has 0 radical (unpaired) electrons. The molecule has 1 fully saturated rings. The summed E-state index contributed by atoms with van der Waals surface area (Å²) in [6, 6.07) is 14.1. The molecule has 0 spiro atoms. The molecule has 1 N–H and O–H groups in total. The van der Waals surface area contributed by atoms with Crippen LogP contribution in [0.25, 0.3) is 6.08 Å². The van der Waals surface area contributed by atoms with Crippen LogP contribution in [-0.2, 0) is 16.1 Å². The first kappa shape index (κ1) is 20.6. The van der Waals surface area contributed by atoms with Crippen molar-refractivity contribution in [2.45, 2.75) is 19.4 Å². The van der Waals surface area contributed by atoms with E-state index < -0.39 is 5.97 Å². The summed E-state index contributed by atoms with van der Waals surface area (Å²) < 4.78 is 13.2. The van der Waals surface area contributed by atoms with Gasteiger partial charge in [-0.2, -0.15) is 0 Å². The average molecular weight is 396 g/mol. The van der Waals surface area contributed by atoms with Crippen molar-refractivity contribution in [3.8, 4) is 0 Å². The summed E-state index contributed by atoms with van der Waals surface area (Å²) in [5, 5.41) is 9.14. The Bertz CT molecular complexity index is 905. The molecule has 152 valence electrons. The lowest BCUT2D eigenvalue weighted by Crippen LogP contribution is -2.36. The van der Waals surface area contributed by atoms with Gasteiger partial charge in [0.05, 0.1) is 5.92 Å². The van der Waals surface area contributed by atoms with Crippen molar-refractivity contribution in [3.63, 3.8) is 0 Å². The van der Waals surface area contributed by atoms with E-state index in [1.165, 1.54) is 18.2 Å². The van der Waals surface area contributed by atoms with Gasteiger partial charge >= 0.3 is 5.97 Å². The minimum Gasteiger partial charge on any atom is -0.481 e. The van der Waals surface area contributed by atoms with Gasteiger partial charge in [0.2, 0.25) is 5.91 Å². The van der Waals surface area contributed by atoms with Gasteiger partial charge in [-0.1, -0.05) is 24.3 Å². The number of anilines is 1. The number of carboxylic acid groups (broad SMARTS) is 1. The first-order chi connectivity index (χ1) is 13.9. The molecular weight excluding hydrogens is 371 g/mol. The monoisotopic (exact) mass is 396 g/mol. The number of halogens is 1. The predicted molar refractivity (Wildman–Crippen MR) is 111 cm³/mol. The summed E-state index contributed by atoms with van der Waals surface area (Å²) in [4.78, 5) is 27.3. The van der Waals surface area contributed by atoms with Crippen molar-refractivity contribution in [2.24, 2.45) is 5.92 Å². The highest BCUT2D eigenvalue weighted by molar-refractivity contribution is 5.91. The molecule has 0 aliphatic carbocycles. The van der Waals surface area contributed by atoms with E-state index >= 15 is 0 Å². The zero-order valence-corrected chi connectivity index (χ0v) is 16.4. The van der Waals surface area contributed by atoms with Gasteiger partial charge in [-0.3, -0.25) is 9.59 Å². The van der Waals surface area contributed by atoms with Crippen LogP contribution in [0.15, 0.2) is 54.6 Å². The molecule has 2 aromatic carbocycles. The third-order valence-corrected chi connectivity index (χ3v) is 5.18. The van der Waals surface area contributed by atoms with Crippen molar-refractivity contribution in [3.05, 3.63) is 71.6 Å². The number of carboxylic acids is 1. The standard InChI is InChI=1S/C23H25FN2O3/c1-25(22(27)9-8-17-4-2-6-20(24)14-17)16-18-5-3-7-21(15-18)26-12-10-19(11-13-26)23(28)29/h2-9,14-15,19H,10-13,16H2,1H3,(H,28,29)/b9-8+. The van der Waals surface area contributed by atoms with Crippen LogP contribution >= 0.6 is 0 Å². The molecule has 29 heavy (non-hydrogen) atoms. The minimum absolute atomic E-state index is 0.165. The maximum atomic E-state index is 13.2. The van der Waals surface area contributed by atoms with E-state index in [1.807, 2.05) is 24.3 Å². The van der Waals surface area contributed by atoms with E-state index in [4.69, 9.17) is 5.11 Å². The Morgan fingerprint density at radius 1 is 1.17 bits per heavy atom. The van der Waals surface area contributed by atoms with E-state index in [2.05, 4.69) is 4.90 Å². The van der Waals surface area contributed by atoms with E-state index in [0.29, 0.717) is 38.0 Å². The Kier molecular flexibility index (Phi) is 6.65. The molecule has 1 aliphatic heterocycles. The highest BCUT2D eigenvalue weighted by Crippen LogP contribution is 2.24. The normalized spacial score (nSPS) is 14.9. The van der Waals surface area contributed by atoms with Crippen molar-refractivity contribution in [1.82, 2.24) is 4.90 Å². The number of amides is 1. The Balaban J connectivity index is 1.59. The molecule has 1 aliphatic rings. The zero-order chi connectivity index (χ0) is 20.8. The second-order valence-electron chi connectivity index (χ2n) is 7.35. The van der Waals surface area contributed by atoms with Crippen LogP contribution in [-0.4, -0.2) is 42.0 Å². The van der Waals surface area contributed by atoms with Gasteiger partial charge in [0.25, 0.3) is 0 Å². The number of rotatable bonds is 6. The molecular formula is C23H25FN2O3. The van der Waals surface area contributed by atoms with E-state index in [1.54, 1.807) is 30.2 Å². The fourth-order valence-electron chi connectivity index (χ4n) is 3.49. The molecule has 1 saturated heterocycles. The number of piperidine rings is 1. The molecule has 5 nitrogen and oxygen atoms in total. The number of likely N-dealkylation sites (N-methyl/N-ethyl adjacent to an activating group) is 1. The molecule has 0 bridgehead atoms. The molecule has 1 heterocycles. The lowest BCUT2D eigenvalue weighted by Gasteiger charge is -2.32. The molecule has 0 aromatic heterocycles. The van der Waals surface area contributed by atoms with Crippen molar-refractivity contribution < 1.29 is 19.1 Å². The highest BCUT2D eigenvalue weighted by atomic mass is 19.1. The SMILES string of the molecule is CN(Cc1cccc(N2CCC(C(=O)O)CC2)c1)C(=O)/C=C/c1cccc(F)c1. The molecule has 1 amide bonds. The lowest BCUT2D eigenvalue weighted by molar-refractivity contribution is -0.142. The van der Waals surface area contributed by atoms with E-state index in [0.717, 1.165) is 11.3 Å². The van der Waals surface area contributed by atoms with Crippen LogP contribution in [0.3, 0.4) is 0 Å². The van der Waals surface area contributed by atoms with Gasteiger partial charge in [0.15, 0.2) is 0 Å². The Morgan fingerprint density at radius 3 is 2.59 bits per heavy atom. The number of carbonyl (C=O) groups excluding carboxylic acids is 1. The topological polar surface area (TPSA) is 60.9 Å². The van der Waals surface area contributed by atoms with Crippen LogP contribution in [0.1, 0.15) is 24.0 Å². The number of hydrogen-bond acceptors (Lipinski definition) is 3. The second kappa shape index (κ2) is 9.37. The number of carbonyl (C=O) groups is 2. The van der Waals surface area contributed by atoms with Gasteiger partial charge in [-0.25, -0.2) is 4.39 Å². The Morgan fingerprint density at radius 2 is 1.90 bits per heavy atom. The van der Waals surface area contributed by atoms with Crippen molar-refractivity contribution in [1.29, 1.82) is 0 Å². The summed E-state index contributed by atoms with van der Waals surface area (Å²) in [6.07, 6.45) is 4.33. The number of nitrogens with zero attached hydrogens (tertiary/aromatic N) is 2. The van der Waals surface area contributed by atoms with E-state index in [9.17, 15) is 14.0 Å². The molecule has 0 saturated carbocycles. The summed E-state index contributed by atoms with van der Waals surface area (Å²) in [5.41, 5.74) is 2.68. The fourth-order valence-corrected chi connectivity index (χ4v) is 3.49. The summed E-state index contributed by atoms with van der Waals surface area (Å²) >= 11 is 0. The zero-order valence-electron chi connectivity index (χ0n) is 16.4. The molecule has 0 atom stereocenters. The van der Waals surface area contributed by atoms with Gasteiger partial charge in [0.1, 0.15) is 5.82 Å². The van der Waals surface area contributed by atoms with Gasteiger partial charge in [0, 0.05) is 38.4 Å². The van der Waals surface area contributed by atoms with Crippen LogP contribution in [0.5, 0.6) is 0 Å². The second-order valence-corrected chi connectivity index (χ2v) is 7.35. The third kappa shape index (κ3) is 5.67. The van der Waals surface area contributed by atoms with Crippen molar-refractivity contribution >= 4 is 23.6 Å². The van der Waals surface area contributed by atoms with E-state index in [-0.39, 0.29) is 17.6 Å². The molecule has 3 rings (SSSR count). The Labute approximate surface area is 170 Å². The summed E-state index contributed by atoms with van der Waals surface area (Å²) in [5.74, 6) is -1.48. The summed E-state index contributed by atoms with van der Waals surface area (Å²) in [7, 11) is 1.73. The predicted octanol–water partition coefficient (Wildman–Crippen LogP) is 3.80. The quantitative estimate of drug-likeness (QED) is 0.755. The summed E-state index contributed by atoms with van der Waals surface area (Å²) in [6.45, 7) is 1.88. The van der Waals surface area contributed by atoms with Crippen LogP contribution in [0.2, 0.25) is 0 Å². The molecule has 0 unspecified atom stereocenters. The Hall–Kier alpha value is -3.15. The van der Waals surface area contributed by atoms with Crippen LogP contribution in [0.4, 0.5) is 10.1 Å². The van der Waals surface area contributed by atoms with Crippen LogP contribution < -0.4 is 4.90 Å².